The number of benzene rings is 2. The summed E-state index contributed by atoms with van der Waals surface area (Å²) in [5.41, 5.74) is 2.18. The minimum absolute atomic E-state index is 0.165. The van der Waals surface area contributed by atoms with Crippen LogP contribution in [0.4, 0.5) is 0 Å². The molecule has 4 nitrogen and oxygen atoms in total. The Morgan fingerprint density at radius 3 is 2.13 bits per heavy atom. The fourth-order valence-corrected chi connectivity index (χ4v) is 5.95. The van der Waals surface area contributed by atoms with Crippen molar-refractivity contribution in [2.24, 2.45) is 5.41 Å². The molecule has 30 heavy (non-hydrogen) atoms. The van der Waals surface area contributed by atoms with Gasteiger partial charge in [0.05, 0.1) is 17.9 Å². The molecular formula is C26H30N2O2. The van der Waals surface area contributed by atoms with Gasteiger partial charge >= 0.3 is 0 Å². The van der Waals surface area contributed by atoms with Crippen LogP contribution in [0.15, 0.2) is 60.7 Å². The first-order valence-electron chi connectivity index (χ1n) is 11.4. The van der Waals surface area contributed by atoms with Gasteiger partial charge in [-0.3, -0.25) is 9.59 Å². The standard InChI is InChI=1S/C26H30N2O2/c29-23(19-20-9-3-1-4-10-20)27-17-13-22(14-18-27)28-24(21-11-5-2-6-12-21)26(25(28)30)15-7-8-16-26/h1-6,9-12,22,24H,7-8,13-19H2. The summed E-state index contributed by atoms with van der Waals surface area (Å²) in [6.45, 7) is 1.49. The van der Waals surface area contributed by atoms with Crippen molar-refractivity contribution in [2.75, 3.05) is 13.1 Å². The van der Waals surface area contributed by atoms with Crippen molar-refractivity contribution in [2.45, 2.75) is 57.0 Å². The molecule has 0 radical (unpaired) electrons. The van der Waals surface area contributed by atoms with E-state index in [1.165, 1.54) is 5.56 Å². The average Bonchev–Trinajstić information content (AvgIpc) is 3.31. The molecular weight excluding hydrogens is 372 g/mol. The van der Waals surface area contributed by atoms with Crippen LogP contribution in [0, 0.1) is 5.41 Å². The van der Waals surface area contributed by atoms with Crippen molar-refractivity contribution in [3.8, 4) is 0 Å². The topological polar surface area (TPSA) is 40.6 Å². The molecule has 2 heterocycles. The number of hydrogen-bond acceptors (Lipinski definition) is 2. The van der Waals surface area contributed by atoms with E-state index in [1.807, 2.05) is 41.3 Å². The average molecular weight is 403 g/mol. The first-order valence-corrected chi connectivity index (χ1v) is 11.4. The summed E-state index contributed by atoms with van der Waals surface area (Å²) in [6, 6.07) is 21.0. The van der Waals surface area contributed by atoms with Crippen LogP contribution in [-0.2, 0) is 16.0 Å². The molecule has 2 aromatic rings. The summed E-state index contributed by atoms with van der Waals surface area (Å²) in [4.78, 5) is 30.3. The number of amides is 2. The minimum Gasteiger partial charge on any atom is -0.342 e. The molecule has 1 spiro atoms. The first kappa shape index (κ1) is 19.3. The lowest BCUT2D eigenvalue weighted by molar-refractivity contribution is -0.181. The van der Waals surface area contributed by atoms with E-state index in [1.54, 1.807) is 0 Å². The van der Waals surface area contributed by atoms with Crippen LogP contribution in [-0.4, -0.2) is 40.7 Å². The zero-order valence-corrected chi connectivity index (χ0v) is 17.5. The second kappa shape index (κ2) is 7.90. The Morgan fingerprint density at radius 1 is 0.900 bits per heavy atom. The number of β-lactam (4-membered cyclic amide) rings is 1. The van der Waals surface area contributed by atoms with Crippen LogP contribution >= 0.6 is 0 Å². The smallest absolute Gasteiger partial charge is 0.232 e. The summed E-state index contributed by atoms with van der Waals surface area (Å²) >= 11 is 0. The summed E-state index contributed by atoms with van der Waals surface area (Å²) in [7, 11) is 0. The zero-order chi connectivity index (χ0) is 20.6. The van der Waals surface area contributed by atoms with Crippen molar-refractivity contribution >= 4 is 11.8 Å². The summed E-state index contributed by atoms with van der Waals surface area (Å²) in [6.07, 6.45) is 6.60. The quantitative estimate of drug-likeness (QED) is 0.713. The maximum Gasteiger partial charge on any atom is 0.232 e. The highest BCUT2D eigenvalue weighted by Crippen LogP contribution is 2.60. The van der Waals surface area contributed by atoms with E-state index < -0.39 is 0 Å². The lowest BCUT2D eigenvalue weighted by Gasteiger charge is -2.59. The van der Waals surface area contributed by atoms with Crippen molar-refractivity contribution in [1.82, 2.24) is 9.80 Å². The molecule has 4 heteroatoms. The van der Waals surface area contributed by atoms with E-state index in [9.17, 15) is 9.59 Å². The van der Waals surface area contributed by atoms with Gasteiger partial charge in [-0.05, 0) is 36.8 Å². The summed E-state index contributed by atoms with van der Waals surface area (Å²) < 4.78 is 0. The Morgan fingerprint density at radius 2 is 1.50 bits per heavy atom. The van der Waals surface area contributed by atoms with Gasteiger partial charge in [0.15, 0.2) is 0 Å². The van der Waals surface area contributed by atoms with Gasteiger partial charge in [-0.15, -0.1) is 0 Å². The van der Waals surface area contributed by atoms with Gasteiger partial charge in [0.1, 0.15) is 0 Å². The van der Waals surface area contributed by atoms with E-state index in [-0.39, 0.29) is 23.4 Å². The molecule has 1 unspecified atom stereocenters. The van der Waals surface area contributed by atoms with Crippen molar-refractivity contribution < 1.29 is 9.59 Å². The number of carbonyl (C=O) groups excluding carboxylic acids is 2. The third kappa shape index (κ3) is 3.23. The number of carbonyl (C=O) groups is 2. The van der Waals surface area contributed by atoms with Gasteiger partial charge in [-0.2, -0.15) is 0 Å². The number of rotatable bonds is 4. The van der Waals surface area contributed by atoms with Gasteiger partial charge in [0.2, 0.25) is 11.8 Å². The second-order valence-corrected chi connectivity index (χ2v) is 9.16. The van der Waals surface area contributed by atoms with Crippen LogP contribution in [0.3, 0.4) is 0 Å². The third-order valence-electron chi connectivity index (χ3n) is 7.48. The predicted octanol–water partition coefficient (Wildman–Crippen LogP) is 4.36. The number of nitrogens with zero attached hydrogens (tertiary/aromatic N) is 2. The first-order chi connectivity index (χ1) is 14.7. The zero-order valence-electron chi connectivity index (χ0n) is 17.5. The summed E-state index contributed by atoms with van der Waals surface area (Å²) in [5.74, 6) is 0.560. The monoisotopic (exact) mass is 402 g/mol. The fourth-order valence-electron chi connectivity index (χ4n) is 5.95. The molecule has 1 aliphatic carbocycles. The van der Waals surface area contributed by atoms with E-state index in [2.05, 4.69) is 29.2 Å². The molecule has 0 N–H and O–H groups in total. The molecule has 1 saturated carbocycles. The maximum absolute atomic E-state index is 13.4. The van der Waals surface area contributed by atoms with Crippen molar-refractivity contribution in [1.29, 1.82) is 0 Å². The lowest BCUT2D eigenvalue weighted by Crippen LogP contribution is -2.66. The Kier molecular flexibility index (Phi) is 5.10. The Balaban J connectivity index is 1.27. The van der Waals surface area contributed by atoms with E-state index >= 15 is 0 Å². The highest BCUT2D eigenvalue weighted by atomic mass is 16.2. The Labute approximate surface area is 178 Å². The molecule has 3 aliphatic rings. The molecule has 2 aromatic carbocycles. The lowest BCUT2D eigenvalue weighted by atomic mass is 9.65. The van der Waals surface area contributed by atoms with Crippen molar-refractivity contribution in [3.63, 3.8) is 0 Å². The largest absolute Gasteiger partial charge is 0.342 e. The van der Waals surface area contributed by atoms with Crippen LogP contribution in [0.2, 0.25) is 0 Å². The van der Waals surface area contributed by atoms with E-state index in [0.29, 0.717) is 12.3 Å². The van der Waals surface area contributed by atoms with Crippen LogP contribution in [0.5, 0.6) is 0 Å². The molecule has 2 saturated heterocycles. The predicted molar refractivity (Wildman–Crippen MR) is 117 cm³/mol. The molecule has 0 aromatic heterocycles. The SMILES string of the molecule is O=C(Cc1ccccc1)N1CCC(N2C(=O)C3(CCCC3)C2c2ccccc2)CC1. The summed E-state index contributed by atoms with van der Waals surface area (Å²) in [5, 5.41) is 0. The highest BCUT2D eigenvalue weighted by Gasteiger charge is 2.63. The molecule has 2 aliphatic heterocycles. The molecule has 156 valence electrons. The maximum atomic E-state index is 13.4. The number of piperidine rings is 1. The van der Waals surface area contributed by atoms with Gasteiger partial charge in [0, 0.05) is 19.1 Å². The molecule has 3 fully saturated rings. The normalized spacial score (nSPS) is 23.6. The van der Waals surface area contributed by atoms with Gasteiger partial charge in [-0.1, -0.05) is 73.5 Å². The highest BCUT2D eigenvalue weighted by molar-refractivity contribution is 5.91. The minimum atomic E-state index is -0.165. The fraction of sp³-hybridized carbons (Fsp3) is 0.462. The van der Waals surface area contributed by atoms with E-state index in [0.717, 1.165) is 57.2 Å². The molecule has 5 rings (SSSR count). The molecule has 2 amide bonds. The number of hydrogen-bond donors (Lipinski definition) is 0. The second-order valence-electron chi connectivity index (χ2n) is 9.16. The van der Waals surface area contributed by atoms with E-state index in [4.69, 9.17) is 0 Å². The van der Waals surface area contributed by atoms with Crippen molar-refractivity contribution in [3.05, 3.63) is 71.8 Å². The van der Waals surface area contributed by atoms with Crippen LogP contribution < -0.4 is 0 Å². The van der Waals surface area contributed by atoms with Gasteiger partial charge in [-0.25, -0.2) is 0 Å². The Bertz CT molecular complexity index is 897. The molecule has 0 bridgehead atoms. The third-order valence-corrected chi connectivity index (χ3v) is 7.48. The van der Waals surface area contributed by atoms with Crippen LogP contribution in [0.1, 0.15) is 55.7 Å². The number of likely N-dealkylation sites (tertiary alicyclic amines) is 2. The van der Waals surface area contributed by atoms with Gasteiger partial charge < -0.3 is 9.80 Å². The molecule has 1 atom stereocenters. The Hall–Kier alpha value is -2.62. The van der Waals surface area contributed by atoms with Gasteiger partial charge in [0.25, 0.3) is 0 Å². The van der Waals surface area contributed by atoms with Crippen LogP contribution in [0.25, 0.3) is 0 Å².